The van der Waals surface area contributed by atoms with Crippen LogP contribution < -0.4 is 0 Å². The van der Waals surface area contributed by atoms with E-state index in [1.807, 2.05) is 0 Å². The Balaban J connectivity index is 1.90. The zero-order valence-electron chi connectivity index (χ0n) is 9.59. The average Bonchev–Trinajstić information content (AvgIpc) is 2.29. The molecule has 2 aliphatic heterocycles. The maximum atomic E-state index is 10.9. The van der Waals surface area contributed by atoms with Crippen molar-refractivity contribution < 1.29 is 19.4 Å². The monoisotopic (exact) mass is 229 g/mol. The fraction of sp³-hybridized carbons (Fsp3) is 0.909. The van der Waals surface area contributed by atoms with Gasteiger partial charge in [0, 0.05) is 25.7 Å². The third-order valence-electron chi connectivity index (χ3n) is 3.35. The van der Waals surface area contributed by atoms with E-state index in [1.165, 1.54) is 0 Å². The number of nitrogens with zero attached hydrogens (tertiary/aromatic N) is 1. The molecule has 2 fully saturated rings. The molecular weight excluding hydrogens is 210 g/mol. The SMILES string of the molecule is CC1CC(N2CCOC(C(=O)O)C2)CCO1. The summed E-state index contributed by atoms with van der Waals surface area (Å²) in [5.41, 5.74) is 0. The highest BCUT2D eigenvalue weighted by molar-refractivity contribution is 5.72. The van der Waals surface area contributed by atoms with Gasteiger partial charge in [0.25, 0.3) is 0 Å². The van der Waals surface area contributed by atoms with E-state index >= 15 is 0 Å². The van der Waals surface area contributed by atoms with Crippen molar-refractivity contribution in [3.05, 3.63) is 0 Å². The van der Waals surface area contributed by atoms with Crippen LogP contribution in [0.5, 0.6) is 0 Å². The fourth-order valence-corrected chi connectivity index (χ4v) is 2.46. The van der Waals surface area contributed by atoms with Gasteiger partial charge in [-0.3, -0.25) is 4.90 Å². The molecule has 92 valence electrons. The second-order valence-electron chi connectivity index (χ2n) is 4.55. The van der Waals surface area contributed by atoms with E-state index in [4.69, 9.17) is 14.6 Å². The Bertz CT molecular complexity index is 258. The zero-order valence-corrected chi connectivity index (χ0v) is 9.59. The van der Waals surface area contributed by atoms with Crippen molar-refractivity contribution in [2.24, 2.45) is 0 Å². The lowest BCUT2D eigenvalue weighted by atomic mass is 10.0. The van der Waals surface area contributed by atoms with Crippen LogP contribution in [0.1, 0.15) is 19.8 Å². The van der Waals surface area contributed by atoms with Gasteiger partial charge in [-0.15, -0.1) is 0 Å². The maximum absolute atomic E-state index is 10.9. The second kappa shape index (κ2) is 5.12. The number of ether oxygens (including phenoxy) is 2. The van der Waals surface area contributed by atoms with E-state index in [2.05, 4.69) is 11.8 Å². The van der Waals surface area contributed by atoms with Crippen molar-refractivity contribution in [3.63, 3.8) is 0 Å². The summed E-state index contributed by atoms with van der Waals surface area (Å²) >= 11 is 0. The summed E-state index contributed by atoms with van der Waals surface area (Å²) in [5, 5.41) is 8.93. The number of hydrogen-bond donors (Lipinski definition) is 1. The molecule has 2 heterocycles. The largest absolute Gasteiger partial charge is 0.479 e. The van der Waals surface area contributed by atoms with E-state index in [-0.39, 0.29) is 6.10 Å². The molecule has 2 aliphatic rings. The average molecular weight is 229 g/mol. The Labute approximate surface area is 95.3 Å². The minimum Gasteiger partial charge on any atom is -0.479 e. The van der Waals surface area contributed by atoms with Gasteiger partial charge >= 0.3 is 5.97 Å². The normalized spacial score (nSPS) is 37.2. The molecule has 0 aromatic heterocycles. The van der Waals surface area contributed by atoms with Gasteiger partial charge in [0.2, 0.25) is 0 Å². The molecule has 3 unspecified atom stereocenters. The molecule has 0 aromatic rings. The standard InChI is InChI=1S/C11H19NO4/c1-8-6-9(2-4-15-8)12-3-5-16-10(7-12)11(13)14/h8-10H,2-7H2,1H3,(H,13,14). The van der Waals surface area contributed by atoms with Gasteiger partial charge in [-0.1, -0.05) is 0 Å². The molecule has 2 saturated heterocycles. The highest BCUT2D eigenvalue weighted by atomic mass is 16.5. The van der Waals surface area contributed by atoms with Gasteiger partial charge < -0.3 is 14.6 Å². The Kier molecular flexibility index (Phi) is 3.78. The molecule has 0 spiro atoms. The first-order valence-electron chi connectivity index (χ1n) is 5.87. The fourth-order valence-electron chi connectivity index (χ4n) is 2.46. The van der Waals surface area contributed by atoms with Crippen LogP contribution in [-0.2, 0) is 14.3 Å². The van der Waals surface area contributed by atoms with Crippen molar-refractivity contribution in [3.8, 4) is 0 Å². The molecule has 0 amide bonds. The third kappa shape index (κ3) is 2.72. The summed E-state index contributed by atoms with van der Waals surface area (Å²) in [4.78, 5) is 13.1. The van der Waals surface area contributed by atoms with Crippen LogP contribution in [0.4, 0.5) is 0 Å². The number of carboxylic acids is 1. The number of carboxylic acid groups (broad SMARTS) is 1. The number of hydrogen-bond acceptors (Lipinski definition) is 4. The molecule has 3 atom stereocenters. The van der Waals surface area contributed by atoms with E-state index in [0.29, 0.717) is 19.2 Å². The summed E-state index contributed by atoms with van der Waals surface area (Å²) in [7, 11) is 0. The lowest BCUT2D eigenvalue weighted by molar-refractivity contribution is -0.158. The molecule has 0 aliphatic carbocycles. The van der Waals surface area contributed by atoms with Crippen LogP contribution in [0.3, 0.4) is 0 Å². The molecule has 1 N–H and O–H groups in total. The van der Waals surface area contributed by atoms with Gasteiger partial charge in [-0.05, 0) is 19.8 Å². The van der Waals surface area contributed by atoms with Gasteiger partial charge in [0.05, 0.1) is 12.7 Å². The van der Waals surface area contributed by atoms with Crippen LogP contribution >= 0.6 is 0 Å². The van der Waals surface area contributed by atoms with Crippen molar-refractivity contribution in [2.45, 2.75) is 38.0 Å². The molecule has 16 heavy (non-hydrogen) atoms. The lowest BCUT2D eigenvalue weighted by Crippen LogP contribution is -2.52. The minimum atomic E-state index is -0.857. The Morgan fingerprint density at radius 3 is 2.88 bits per heavy atom. The van der Waals surface area contributed by atoms with Crippen LogP contribution in [0.25, 0.3) is 0 Å². The Morgan fingerprint density at radius 1 is 1.38 bits per heavy atom. The molecule has 5 heteroatoms. The molecular formula is C11H19NO4. The van der Waals surface area contributed by atoms with Crippen LogP contribution in [0.2, 0.25) is 0 Å². The quantitative estimate of drug-likeness (QED) is 0.740. The predicted molar refractivity (Wildman–Crippen MR) is 57.4 cm³/mol. The summed E-state index contributed by atoms with van der Waals surface area (Å²) in [6.07, 6.45) is 1.61. The molecule has 5 nitrogen and oxygen atoms in total. The molecule has 2 rings (SSSR count). The molecule has 0 bridgehead atoms. The van der Waals surface area contributed by atoms with Crippen molar-refractivity contribution in [2.75, 3.05) is 26.3 Å². The highest BCUT2D eigenvalue weighted by Crippen LogP contribution is 2.21. The molecule has 0 saturated carbocycles. The summed E-state index contributed by atoms with van der Waals surface area (Å²) in [6, 6.07) is 0.453. The number of carbonyl (C=O) groups is 1. The smallest absolute Gasteiger partial charge is 0.334 e. The second-order valence-corrected chi connectivity index (χ2v) is 4.55. The van der Waals surface area contributed by atoms with E-state index < -0.39 is 12.1 Å². The first-order chi connectivity index (χ1) is 7.66. The maximum Gasteiger partial charge on any atom is 0.334 e. The Hall–Kier alpha value is -0.650. The van der Waals surface area contributed by atoms with E-state index in [1.54, 1.807) is 0 Å². The van der Waals surface area contributed by atoms with E-state index in [0.717, 1.165) is 26.0 Å². The third-order valence-corrected chi connectivity index (χ3v) is 3.35. The first-order valence-corrected chi connectivity index (χ1v) is 5.87. The van der Waals surface area contributed by atoms with Gasteiger partial charge in [-0.25, -0.2) is 4.79 Å². The van der Waals surface area contributed by atoms with Crippen molar-refractivity contribution >= 4 is 5.97 Å². The number of rotatable bonds is 2. The van der Waals surface area contributed by atoms with Gasteiger partial charge in [0.1, 0.15) is 0 Å². The first kappa shape index (κ1) is 11.8. The summed E-state index contributed by atoms with van der Waals surface area (Å²) < 4.78 is 10.7. The minimum absolute atomic E-state index is 0.282. The summed E-state index contributed by atoms with van der Waals surface area (Å²) in [5.74, 6) is -0.857. The predicted octanol–water partition coefficient (Wildman–Crippen LogP) is 0.339. The molecule has 0 radical (unpaired) electrons. The highest BCUT2D eigenvalue weighted by Gasteiger charge is 2.32. The van der Waals surface area contributed by atoms with Crippen molar-refractivity contribution in [1.29, 1.82) is 0 Å². The van der Waals surface area contributed by atoms with E-state index in [9.17, 15) is 4.79 Å². The van der Waals surface area contributed by atoms with Gasteiger partial charge in [0.15, 0.2) is 6.10 Å². The van der Waals surface area contributed by atoms with Gasteiger partial charge in [-0.2, -0.15) is 0 Å². The molecule has 0 aromatic carbocycles. The lowest BCUT2D eigenvalue weighted by Gasteiger charge is -2.40. The topological polar surface area (TPSA) is 59.0 Å². The number of morpholine rings is 1. The van der Waals surface area contributed by atoms with Crippen LogP contribution in [0.15, 0.2) is 0 Å². The number of aliphatic carboxylic acids is 1. The van der Waals surface area contributed by atoms with Crippen LogP contribution in [-0.4, -0.2) is 60.5 Å². The Morgan fingerprint density at radius 2 is 2.19 bits per heavy atom. The zero-order chi connectivity index (χ0) is 11.5. The summed E-state index contributed by atoms with van der Waals surface area (Å²) in [6.45, 7) is 4.71. The van der Waals surface area contributed by atoms with Crippen molar-refractivity contribution in [1.82, 2.24) is 4.90 Å². The van der Waals surface area contributed by atoms with Crippen LogP contribution in [0, 0.1) is 0 Å².